The summed E-state index contributed by atoms with van der Waals surface area (Å²) in [5, 5.41) is 9.51. The summed E-state index contributed by atoms with van der Waals surface area (Å²) in [5.74, 6) is -1.71. The lowest BCUT2D eigenvalue weighted by Crippen LogP contribution is -2.43. The number of hydrogen-bond donors (Lipinski definition) is 1. The van der Waals surface area contributed by atoms with Gasteiger partial charge in [0.2, 0.25) is 5.43 Å². The molecule has 2 aliphatic rings. The Balaban J connectivity index is 1.70. The quantitative estimate of drug-likeness (QED) is 0.628. The molecule has 0 radical (unpaired) electrons. The zero-order valence-electron chi connectivity index (χ0n) is 21.6. The monoisotopic (exact) mass is 503 g/mol. The van der Waals surface area contributed by atoms with E-state index in [1.54, 1.807) is 16.5 Å². The molecule has 1 N–H and O–H groups in total. The number of hydrogen-bond acceptors (Lipinski definition) is 6. The maximum absolute atomic E-state index is 15.6. The lowest BCUT2D eigenvalue weighted by molar-refractivity contribution is 0.0192. The third-order valence-corrected chi connectivity index (χ3v) is 7.09. The summed E-state index contributed by atoms with van der Waals surface area (Å²) in [5.41, 5.74) is -1.06. The van der Waals surface area contributed by atoms with Gasteiger partial charge in [0.05, 0.1) is 18.0 Å². The van der Waals surface area contributed by atoms with E-state index >= 15 is 4.39 Å². The molecule has 1 amide bonds. The maximum Gasteiger partial charge on any atom is 0.410 e. The van der Waals surface area contributed by atoms with Crippen LogP contribution in [0.5, 0.6) is 5.75 Å². The van der Waals surface area contributed by atoms with Gasteiger partial charge in [-0.2, -0.15) is 0 Å². The molecule has 1 saturated carbocycles. The molecule has 0 spiro atoms. The molecule has 9 nitrogen and oxygen atoms in total. The van der Waals surface area contributed by atoms with Crippen LogP contribution in [0.15, 0.2) is 17.1 Å². The van der Waals surface area contributed by atoms with Crippen LogP contribution in [0.25, 0.3) is 10.9 Å². The van der Waals surface area contributed by atoms with Crippen molar-refractivity contribution in [3.8, 4) is 5.75 Å². The number of nitrogens with zero attached hydrogens (tertiary/aromatic N) is 3. The number of halogens is 1. The summed E-state index contributed by atoms with van der Waals surface area (Å²) >= 11 is 0. The molecule has 36 heavy (non-hydrogen) atoms. The van der Waals surface area contributed by atoms with Gasteiger partial charge in [-0.1, -0.05) is 0 Å². The number of aromatic nitrogens is 1. The highest BCUT2D eigenvalue weighted by atomic mass is 19.1. The Bertz CT molecular complexity index is 1260. The van der Waals surface area contributed by atoms with E-state index in [9.17, 15) is 19.5 Å². The summed E-state index contributed by atoms with van der Waals surface area (Å²) in [6.07, 6.45) is 3.34. The average Bonchev–Trinajstić information content (AvgIpc) is 3.52. The van der Waals surface area contributed by atoms with E-state index in [1.807, 2.05) is 32.6 Å². The smallest absolute Gasteiger partial charge is 0.410 e. The number of pyridine rings is 1. The minimum Gasteiger partial charge on any atom is -0.492 e. The van der Waals surface area contributed by atoms with Crippen LogP contribution in [0.2, 0.25) is 0 Å². The van der Waals surface area contributed by atoms with E-state index in [1.165, 1.54) is 13.3 Å². The molecule has 1 aromatic carbocycles. The number of aromatic carboxylic acids is 1. The summed E-state index contributed by atoms with van der Waals surface area (Å²) < 4.78 is 28.5. The SMILES string of the molecule is COc1c(N2CC[C@@H]([C@@H](C)N(C)C(=O)OC(C)(C)C)C2)c(F)cc2c(=O)c(C(=O)O)cn(C3CC3)c12. The van der Waals surface area contributed by atoms with Crippen molar-refractivity contribution in [3.05, 3.63) is 33.9 Å². The minimum absolute atomic E-state index is 0.00586. The van der Waals surface area contributed by atoms with E-state index in [0.717, 1.165) is 25.3 Å². The van der Waals surface area contributed by atoms with Crippen molar-refractivity contribution in [2.45, 2.75) is 64.6 Å². The number of carboxylic acids is 1. The molecule has 1 saturated heterocycles. The first-order valence-corrected chi connectivity index (χ1v) is 12.2. The fourth-order valence-corrected chi connectivity index (χ4v) is 4.92. The van der Waals surface area contributed by atoms with Gasteiger partial charge in [-0.3, -0.25) is 4.79 Å². The van der Waals surface area contributed by atoms with Crippen LogP contribution < -0.4 is 15.1 Å². The maximum atomic E-state index is 15.6. The third-order valence-electron chi connectivity index (χ3n) is 7.09. The predicted octanol–water partition coefficient (Wildman–Crippen LogP) is 4.26. The van der Waals surface area contributed by atoms with Crippen LogP contribution in [0.3, 0.4) is 0 Å². The van der Waals surface area contributed by atoms with Crippen molar-refractivity contribution in [2.75, 3.05) is 32.1 Å². The Labute approximate surface area is 209 Å². The first kappa shape index (κ1) is 25.8. The zero-order valence-corrected chi connectivity index (χ0v) is 21.6. The largest absolute Gasteiger partial charge is 0.492 e. The third kappa shape index (κ3) is 4.73. The second kappa shape index (κ2) is 9.29. The molecule has 2 aromatic rings. The van der Waals surface area contributed by atoms with Crippen LogP contribution in [0.4, 0.5) is 14.9 Å². The van der Waals surface area contributed by atoms with Crippen molar-refractivity contribution in [2.24, 2.45) is 5.92 Å². The van der Waals surface area contributed by atoms with Gasteiger partial charge in [-0.05, 0) is 58.9 Å². The van der Waals surface area contributed by atoms with Gasteiger partial charge in [0.25, 0.3) is 0 Å². The number of fused-ring (bicyclic) bond motifs is 1. The van der Waals surface area contributed by atoms with E-state index in [2.05, 4.69) is 0 Å². The van der Waals surface area contributed by atoms with Crippen molar-refractivity contribution < 1.29 is 28.6 Å². The predicted molar refractivity (Wildman–Crippen MR) is 134 cm³/mol. The summed E-state index contributed by atoms with van der Waals surface area (Å²) in [6, 6.07) is 1.01. The van der Waals surface area contributed by atoms with E-state index < -0.39 is 28.9 Å². The fourth-order valence-electron chi connectivity index (χ4n) is 4.92. The molecule has 2 fully saturated rings. The Morgan fingerprint density at radius 1 is 1.25 bits per heavy atom. The van der Waals surface area contributed by atoms with Gasteiger partial charge in [-0.25, -0.2) is 14.0 Å². The summed E-state index contributed by atoms with van der Waals surface area (Å²) in [7, 11) is 3.13. The number of benzene rings is 1. The summed E-state index contributed by atoms with van der Waals surface area (Å²) in [6.45, 7) is 8.41. The van der Waals surface area contributed by atoms with Crippen molar-refractivity contribution >= 4 is 28.7 Å². The Kier molecular flexibility index (Phi) is 6.66. The second-order valence-corrected chi connectivity index (χ2v) is 10.8. The molecule has 196 valence electrons. The molecule has 1 aliphatic heterocycles. The van der Waals surface area contributed by atoms with Gasteiger partial charge in [0, 0.05) is 38.4 Å². The molecule has 1 aromatic heterocycles. The second-order valence-electron chi connectivity index (χ2n) is 10.8. The summed E-state index contributed by atoms with van der Waals surface area (Å²) in [4.78, 5) is 40.6. The topological polar surface area (TPSA) is 101 Å². The van der Waals surface area contributed by atoms with E-state index in [0.29, 0.717) is 18.6 Å². The van der Waals surface area contributed by atoms with Crippen LogP contribution in [-0.2, 0) is 4.74 Å². The number of ether oxygens (including phenoxy) is 2. The van der Waals surface area contributed by atoms with Crippen LogP contribution in [0.1, 0.15) is 63.4 Å². The van der Waals surface area contributed by atoms with Crippen LogP contribution >= 0.6 is 0 Å². The number of carbonyl (C=O) groups excluding carboxylic acids is 1. The molecule has 0 bridgehead atoms. The van der Waals surface area contributed by atoms with Crippen LogP contribution in [0, 0.1) is 11.7 Å². The first-order valence-electron chi connectivity index (χ1n) is 12.2. The highest BCUT2D eigenvalue weighted by Gasteiger charge is 2.36. The molecular formula is C26H34FN3O6. The number of methoxy groups -OCH3 is 1. The Morgan fingerprint density at radius 2 is 1.92 bits per heavy atom. The number of rotatable bonds is 6. The standard InChI is InChI=1S/C26H34FN3O6/c1-14(28(5)25(34)36-26(2,3)4)15-9-10-29(12-15)21-19(27)11-17-20(23(21)35-6)30(16-7-8-16)13-18(22(17)31)24(32)33/h11,13-16H,7-10,12H2,1-6H3,(H,32,33)/t14-,15-/m1/s1. The van der Waals surface area contributed by atoms with E-state index in [4.69, 9.17) is 9.47 Å². The lowest BCUT2D eigenvalue weighted by atomic mass is 9.99. The Morgan fingerprint density at radius 3 is 2.47 bits per heavy atom. The van der Waals surface area contributed by atoms with E-state index in [-0.39, 0.29) is 40.4 Å². The lowest BCUT2D eigenvalue weighted by Gasteiger charge is -2.32. The highest BCUT2D eigenvalue weighted by Crippen LogP contribution is 2.44. The van der Waals surface area contributed by atoms with Crippen molar-refractivity contribution in [1.82, 2.24) is 9.47 Å². The molecule has 2 atom stereocenters. The average molecular weight is 504 g/mol. The molecular weight excluding hydrogens is 469 g/mol. The highest BCUT2D eigenvalue weighted by molar-refractivity contribution is 5.97. The normalized spacial score (nSPS) is 18.9. The van der Waals surface area contributed by atoms with Crippen molar-refractivity contribution in [1.29, 1.82) is 0 Å². The van der Waals surface area contributed by atoms with Gasteiger partial charge >= 0.3 is 12.1 Å². The first-order chi connectivity index (χ1) is 16.8. The van der Waals surface area contributed by atoms with Gasteiger partial charge in [0.15, 0.2) is 11.6 Å². The molecule has 4 rings (SSSR count). The molecule has 10 heteroatoms. The number of anilines is 1. The van der Waals surface area contributed by atoms with Gasteiger partial charge in [0.1, 0.15) is 16.9 Å². The number of carboxylic acid groups (broad SMARTS) is 1. The molecule has 0 unspecified atom stereocenters. The van der Waals surface area contributed by atoms with Gasteiger partial charge in [-0.15, -0.1) is 0 Å². The fraction of sp³-hybridized carbons (Fsp3) is 0.577. The van der Waals surface area contributed by atoms with Crippen LogP contribution in [-0.4, -0.2) is 65.5 Å². The van der Waals surface area contributed by atoms with Gasteiger partial charge < -0.3 is 28.9 Å². The van der Waals surface area contributed by atoms with Crippen molar-refractivity contribution in [3.63, 3.8) is 0 Å². The minimum atomic E-state index is -1.34. The molecule has 2 heterocycles. The number of carbonyl (C=O) groups is 2. The number of amides is 1. The zero-order chi connectivity index (χ0) is 26.5. The Hall–Kier alpha value is -3.30. The molecule has 1 aliphatic carbocycles.